The van der Waals surface area contributed by atoms with Crippen LogP contribution in [0.25, 0.3) is 17.1 Å². The van der Waals surface area contributed by atoms with Gasteiger partial charge in [-0.1, -0.05) is 18.2 Å². The monoisotopic (exact) mass is 333 g/mol. The van der Waals surface area contributed by atoms with Gasteiger partial charge in [0.05, 0.1) is 5.69 Å². The van der Waals surface area contributed by atoms with E-state index in [9.17, 15) is 0 Å². The summed E-state index contributed by atoms with van der Waals surface area (Å²) in [5.74, 6) is 2.09. The molecule has 7 nitrogen and oxygen atoms in total. The average molecular weight is 333 g/mol. The minimum absolute atomic E-state index is 0.340. The molecule has 0 aliphatic heterocycles. The second-order valence-corrected chi connectivity index (χ2v) is 5.42. The SMILES string of the molecule is Cc1oc(-c2ccccc2)nc1COc1ccc(-n2cnnn2)cc1. The maximum absolute atomic E-state index is 5.81. The van der Waals surface area contributed by atoms with Crippen molar-refractivity contribution >= 4 is 0 Å². The molecule has 0 bridgehead atoms. The fraction of sp³-hybridized carbons (Fsp3) is 0.111. The zero-order valence-electron chi connectivity index (χ0n) is 13.5. The van der Waals surface area contributed by atoms with Crippen molar-refractivity contribution in [2.24, 2.45) is 0 Å². The van der Waals surface area contributed by atoms with Crippen molar-refractivity contribution < 1.29 is 9.15 Å². The lowest BCUT2D eigenvalue weighted by atomic mass is 10.2. The van der Waals surface area contributed by atoms with E-state index in [1.807, 2.05) is 61.5 Å². The molecule has 0 atom stereocenters. The van der Waals surface area contributed by atoms with Crippen LogP contribution in [0.5, 0.6) is 5.75 Å². The molecule has 4 aromatic rings. The maximum Gasteiger partial charge on any atom is 0.226 e. The van der Waals surface area contributed by atoms with Crippen molar-refractivity contribution in [3.05, 3.63) is 72.4 Å². The molecule has 0 N–H and O–H groups in total. The first-order valence-corrected chi connectivity index (χ1v) is 7.77. The predicted molar refractivity (Wildman–Crippen MR) is 90.2 cm³/mol. The van der Waals surface area contributed by atoms with Gasteiger partial charge >= 0.3 is 0 Å². The summed E-state index contributed by atoms with van der Waals surface area (Å²) < 4.78 is 13.1. The Morgan fingerprint density at radius 1 is 1.04 bits per heavy atom. The van der Waals surface area contributed by atoms with E-state index in [0.29, 0.717) is 12.5 Å². The highest BCUT2D eigenvalue weighted by Gasteiger charge is 2.11. The number of aryl methyl sites for hydroxylation is 1. The Hall–Kier alpha value is -3.48. The Kier molecular flexibility index (Phi) is 3.96. The standard InChI is InChI=1S/C18H15N5O2/c1-13-17(20-18(25-13)14-5-3-2-4-6-14)11-24-16-9-7-15(8-10-16)23-12-19-21-22-23/h2-10,12H,11H2,1H3. The van der Waals surface area contributed by atoms with Gasteiger partial charge in [0.15, 0.2) is 0 Å². The number of aromatic nitrogens is 5. The van der Waals surface area contributed by atoms with E-state index < -0.39 is 0 Å². The van der Waals surface area contributed by atoms with Crippen molar-refractivity contribution in [1.29, 1.82) is 0 Å². The molecule has 0 fully saturated rings. The smallest absolute Gasteiger partial charge is 0.226 e. The average Bonchev–Trinajstić information content (AvgIpc) is 3.31. The van der Waals surface area contributed by atoms with E-state index in [2.05, 4.69) is 20.5 Å². The van der Waals surface area contributed by atoms with Crippen LogP contribution >= 0.6 is 0 Å². The maximum atomic E-state index is 5.81. The summed E-state index contributed by atoms with van der Waals surface area (Å²) in [4.78, 5) is 4.53. The summed E-state index contributed by atoms with van der Waals surface area (Å²) in [6.07, 6.45) is 1.54. The molecule has 0 radical (unpaired) electrons. The van der Waals surface area contributed by atoms with E-state index in [0.717, 1.165) is 28.5 Å². The van der Waals surface area contributed by atoms with Gasteiger partial charge in [-0.2, -0.15) is 0 Å². The first kappa shape index (κ1) is 15.1. The number of tetrazole rings is 1. The molecule has 7 heteroatoms. The molecule has 2 aromatic heterocycles. The molecule has 124 valence electrons. The largest absolute Gasteiger partial charge is 0.487 e. The Labute approximate surface area is 143 Å². The zero-order valence-corrected chi connectivity index (χ0v) is 13.5. The summed E-state index contributed by atoms with van der Waals surface area (Å²) >= 11 is 0. The summed E-state index contributed by atoms with van der Waals surface area (Å²) in [6, 6.07) is 17.3. The normalized spacial score (nSPS) is 10.8. The van der Waals surface area contributed by atoms with E-state index >= 15 is 0 Å². The van der Waals surface area contributed by atoms with Gasteiger partial charge in [-0.05, 0) is 53.7 Å². The minimum Gasteiger partial charge on any atom is -0.487 e. The second-order valence-electron chi connectivity index (χ2n) is 5.42. The highest BCUT2D eigenvalue weighted by atomic mass is 16.5. The van der Waals surface area contributed by atoms with Gasteiger partial charge in [-0.25, -0.2) is 9.67 Å². The molecule has 0 aliphatic carbocycles. The molecule has 25 heavy (non-hydrogen) atoms. The molecule has 0 amide bonds. The summed E-state index contributed by atoms with van der Waals surface area (Å²) in [5.41, 5.74) is 2.59. The highest BCUT2D eigenvalue weighted by molar-refractivity contribution is 5.53. The second kappa shape index (κ2) is 6.56. The van der Waals surface area contributed by atoms with Crippen molar-refractivity contribution in [3.63, 3.8) is 0 Å². The van der Waals surface area contributed by atoms with Crippen LogP contribution in [0.4, 0.5) is 0 Å². The number of rotatable bonds is 5. The first-order valence-electron chi connectivity index (χ1n) is 7.77. The van der Waals surface area contributed by atoms with E-state index in [4.69, 9.17) is 9.15 Å². The van der Waals surface area contributed by atoms with Crippen LogP contribution < -0.4 is 4.74 Å². The van der Waals surface area contributed by atoms with Crippen LogP contribution in [0.15, 0.2) is 65.3 Å². The lowest BCUT2D eigenvalue weighted by Crippen LogP contribution is -1.99. The Morgan fingerprint density at radius 3 is 2.56 bits per heavy atom. The van der Waals surface area contributed by atoms with E-state index in [1.165, 1.54) is 0 Å². The Balaban J connectivity index is 1.46. The van der Waals surface area contributed by atoms with Crippen LogP contribution in [0.2, 0.25) is 0 Å². The molecule has 0 unspecified atom stereocenters. The van der Waals surface area contributed by atoms with Gasteiger partial charge in [0.1, 0.15) is 30.1 Å². The fourth-order valence-electron chi connectivity index (χ4n) is 2.39. The molecule has 0 saturated heterocycles. The summed E-state index contributed by atoms with van der Waals surface area (Å²) in [7, 11) is 0. The number of oxazole rings is 1. The Bertz CT molecular complexity index is 947. The third-order valence-corrected chi connectivity index (χ3v) is 3.74. The summed E-state index contributed by atoms with van der Waals surface area (Å²) in [5, 5.41) is 11.1. The van der Waals surface area contributed by atoms with Crippen molar-refractivity contribution in [3.8, 4) is 22.9 Å². The van der Waals surface area contributed by atoms with Crippen LogP contribution in [0.1, 0.15) is 11.5 Å². The van der Waals surface area contributed by atoms with Gasteiger partial charge < -0.3 is 9.15 Å². The topological polar surface area (TPSA) is 78.9 Å². The van der Waals surface area contributed by atoms with E-state index in [-0.39, 0.29) is 0 Å². The molecular formula is C18H15N5O2. The lowest BCUT2D eigenvalue weighted by molar-refractivity contribution is 0.299. The predicted octanol–water partition coefficient (Wildman–Crippen LogP) is 3.20. The lowest BCUT2D eigenvalue weighted by Gasteiger charge is -2.05. The third-order valence-electron chi connectivity index (χ3n) is 3.74. The van der Waals surface area contributed by atoms with Crippen molar-refractivity contribution in [1.82, 2.24) is 25.2 Å². The van der Waals surface area contributed by atoms with Crippen LogP contribution in [0, 0.1) is 6.92 Å². The van der Waals surface area contributed by atoms with Gasteiger partial charge in [-0.3, -0.25) is 0 Å². The molecule has 0 saturated carbocycles. The number of hydrogen-bond acceptors (Lipinski definition) is 6. The number of benzene rings is 2. The third kappa shape index (κ3) is 3.25. The quantitative estimate of drug-likeness (QED) is 0.558. The molecule has 0 aliphatic rings. The highest BCUT2D eigenvalue weighted by Crippen LogP contribution is 2.23. The van der Waals surface area contributed by atoms with E-state index in [1.54, 1.807) is 11.0 Å². The van der Waals surface area contributed by atoms with Crippen LogP contribution in [-0.2, 0) is 6.61 Å². The number of ether oxygens (including phenoxy) is 1. The number of hydrogen-bond donors (Lipinski definition) is 0. The molecular weight excluding hydrogens is 318 g/mol. The molecule has 2 heterocycles. The van der Waals surface area contributed by atoms with Crippen LogP contribution in [0.3, 0.4) is 0 Å². The van der Waals surface area contributed by atoms with Gasteiger partial charge in [-0.15, -0.1) is 5.10 Å². The van der Waals surface area contributed by atoms with Gasteiger partial charge in [0.25, 0.3) is 0 Å². The molecule has 4 rings (SSSR count). The molecule has 0 spiro atoms. The zero-order chi connectivity index (χ0) is 17.1. The van der Waals surface area contributed by atoms with Crippen molar-refractivity contribution in [2.75, 3.05) is 0 Å². The van der Waals surface area contributed by atoms with Gasteiger partial charge in [0.2, 0.25) is 5.89 Å². The molecule has 2 aromatic carbocycles. The van der Waals surface area contributed by atoms with Crippen LogP contribution in [-0.4, -0.2) is 25.2 Å². The van der Waals surface area contributed by atoms with Crippen molar-refractivity contribution in [2.45, 2.75) is 13.5 Å². The minimum atomic E-state index is 0.340. The first-order chi connectivity index (χ1) is 12.3. The Morgan fingerprint density at radius 2 is 1.84 bits per heavy atom. The summed E-state index contributed by atoms with van der Waals surface area (Å²) in [6.45, 7) is 2.23. The van der Waals surface area contributed by atoms with Gasteiger partial charge in [0, 0.05) is 5.56 Å². The number of nitrogens with zero attached hydrogens (tertiary/aromatic N) is 5. The fourth-order valence-corrected chi connectivity index (χ4v) is 2.39.